The van der Waals surface area contributed by atoms with Gasteiger partial charge in [-0.1, -0.05) is 53.5 Å². The number of benzene rings is 2. The number of carbonyl (C=O) groups is 2. The lowest BCUT2D eigenvalue weighted by molar-refractivity contribution is -0.134. The van der Waals surface area contributed by atoms with Gasteiger partial charge in [0.25, 0.3) is 0 Å². The normalized spacial score (nSPS) is 10.4. The first-order chi connectivity index (χ1) is 18.2. The molecule has 4 aromatic rings. The van der Waals surface area contributed by atoms with E-state index in [1.165, 1.54) is 9.80 Å². The van der Waals surface area contributed by atoms with Crippen molar-refractivity contribution < 1.29 is 14.3 Å². The number of ether oxygens (including phenoxy) is 1. The summed E-state index contributed by atoms with van der Waals surface area (Å²) in [5.74, 6) is -0.108. The van der Waals surface area contributed by atoms with Crippen molar-refractivity contribution in [1.29, 1.82) is 0 Å². The van der Waals surface area contributed by atoms with Crippen LogP contribution in [0.25, 0.3) is 5.65 Å². The smallest absolute Gasteiger partial charge is 0.246 e. The van der Waals surface area contributed by atoms with Gasteiger partial charge in [0.05, 0.1) is 22.9 Å². The molecule has 0 unspecified atom stereocenters. The molecular formula is C27H28BrCl4N5O3. The van der Waals surface area contributed by atoms with Crippen molar-refractivity contribution >= 4 is 87.1 Å². The molecule has 0 aliphatic carbocycles. The molecule has 0 bridgehead atoms. The molecule has 0 atom stereocenters. The Morgan fingerprint density at radius 3 is 2.42 bits per heavy atom. The summed E-state index contributed by atoms with van der Waals surface area (Å²) in [5.41, 5.74) is 8.93. The molecule has 8 nitrogen and oxygen atoms in total. The van der Waals surface area contributed by atoms with Gasteiger partial charge >= 0.3 is 0 Å². The van der Waals surface area contributed by atoms with E-state index in [0.717, 1.165) is 15.9 Å². The van der Waals surface area contributed by atoms with Crippen LogP contribution in [0, 0.1) is 6.92 Å². The fourth-order valence-corrected chi connectivity index (χ4v) is 4.92. The number of pyridine rings is 1. The van der Waals surface area contributed by atoms with Crippen molar-refractivity contribution in [3.8, 4) is 5.75 Å². The van der Waals surface area contributed by atoms with E-state index >= 15 is 0 Å². The quantitative estimate of drug-likeness (QED) is 0.230. The Morgan fingerprint density at radius 1 is 1.05 bits per heavy atom. The van der Waals surface area contributed by atoms with Gasteiger partial charge in [0.1, 0.15) is 17.8 Å². The predicted molar refractivity (Wildman–Crippen MR) is 167 cm³/mol. The van der Waals surface area contributed by atoms with E-state index in [2.05, 4.69) is 20.9 Å². The number of carbonyl (C=O) groups excluding carboxylic acids is 2. The first kappa shape index (κ1) is 33.7. The molecule has 2 aromatic carbocycles. The standard InChI is InChI=1S/C27H26BrCl2N5O3.2ClH/c1-17-26(28)35-12-6-9-22(27(35)32-17)38-16-19-20(29)10-11-21(25(19)30)33(2)24(37)15-34(23(36)13-31)14-18-7-4-3-5-8-18;;/h3-12H,13-16,31H2,1-2H3;2*1H. The largest absolute Gasteiger partial charge is 0.485 e. The van der Waals surface area contributed by atoms with Crippen molar-refractivity contribution in [2.75, 3.05) is 25.0 Å². The van der Waals surface area contributed by atoms with Crippen molar-refractivity contribution in [2.45, 2.75) is 20.1 Å². The Hall–Kier alpha value is -2.53. The maximum absolute atomic E-state index is 13.2. The summed E-state index contributed by atoms with van der Waals surface area (Å²) in [7, 11) is 1.60. The van der Waals surface area contributed by atoms with Gasteiger partial charge in [-0.15, -0.1) is 24.8 Å². The zero-order chi connectivity index (χ0) is 27.4. The molecule has 13 heteroatoms. The summed E-state index contributed by atoms with van der Waals surface area (Å²) >= 11 is 16.7. The summed E-state index contributed by atoms with van der Waals surface area (Å²) in [4.78, 5) is 33.1. The van der Waals surface area contributed by atoms with E-state index in [1.807, 2.05) is 60.0 Å². The molecule has 0 spiro atoms. The fraction of sp³-hybridized carbons (Fsp3) is 0.222. The molecule has 40 heavy (non-hydrogen) atoms. The van der Waals surface area contributed by atoms with Gasteiger partial charge in [-0.2, -0.15) is 0 Å². The lowest BCUT2D eigenvalue weighted by atomic mass is 10.2. The van der Waals surface area contributed by atoms with Crippen molar-refractivity contribution in [2.24, 2.45) is 5.73 Å². The van der Waals surface area contributed by atoms with Crippen LogP contribution in [-0.2, 0) is 22.7 Å². The van der Waals surface area contributed by atoms with E-state index < -0.39 is 0 Å². The van der Waals surface area contributed by atoms with Gasteiger partial charge in [0.2, 0.25) is 11.8 Å². The fourth-order valence-electron chi connectivity index (χ4n) is 3.94. The number of nitrogens with zero attached hydrogens (tertiary/aromatic N) is 4. The lowest BCUT2D eigenvalue weighted by Crippen LogP contribution is -2.43. The van der Waals surface area contributed by atoms with Crippen LogP contribution in [0.5, 0.6) is 5.75 Å². The molecule has 0 aliphatic rings. The van der Waals surface area contributed by atoms with Gasteiger partial charge < -0.3 is 20.3 Å². The summed E-state index contributed by atoms with van der Waals surface area (Å²) in [5, 5.41) is 0.678. The van der Waals surface area contributed by atoms with Gasteiger partial charge in [-0.3, -0.25) is 14.0 Å². The Balaban J connectivity index is 0.00000280. The minimum absolute atomic E-state index is 0. The van der Waals surface area contributed by atoms with Crippen LogP contribution in [0.4, 0.5) is 5.69 Å². The minimum Gasteiger partial charge on any atom is -0.485 e. The zero-order valence-corrected chi connectivity index (χ0v) is 26.4. The highest BCUT2D eigenvalue weighted by atomic mass is 79.9. The molecule has 2 amide bonds. The average Bonchev–Trinajstić information content (AvgIpc) is 3.21. The van der Waals surface area contributed by atoms with Crippen molar-refractivity contribution in [3.05, 3.63) is 92.3 Å². The first-order valence-corrected chi connectivity index (χ1v) is 13.3. The van der Waals surface area contributed by atoms with Crippen LogP contribution in [0.2, 0.25) is 10.0 Å². The number of likely N-dealkylation sites (N-methyl/N-ethyl adjacent to an activating group) is 1. The Labute approximate surface area is 263 Å². The minimum atomic E-state index is -0.332. The van der Waals surface area contributed by atoms with Crippen LogP contribution < -0.4 is 15.4 Å². The maximum Gasteiger partial charge on any atom is 0.246 e. The molecule has 0 saturated carbocycles. The number of rotatable bonds is 9. The highest BCUT2D eigenvalue weighted by Gasteiger charge is 2.23. The van der Waals surface area contributed by atoms with Crippen LogP contribution >= 0.6 is 63.9 Å². The Bertz CT molecular complexity index is 1490. The van der Waals surface area contributed by atoms with Gasteiger partial charge in [0, 0.05) is 30.4 Å². The van der Waals surface area contributed by atoms with E-state index in [0.29, 0.717) is 27.7 Å². The Kier molecular flexibility index (Phi) is 12.6. The summed E-state index contributed by atoms with van der Waals surface area (Å²) in [6.45, 7) is 1.85. The third kappa shape index (κ3) is 7.40. The van der Waals surface area contributed by atoms with Crippen molar-refractivity contribution in [1.82, 2.24) is 14.3 Å². The van der Waals surface area contributed by atoms with Gasteiger partial charge in [0.15, 0.2) is 11.4 Å². The van der Waals surface area contributed by atoms with Gasteiger partial charge in [-0.25, -0.2) is 4.98 Å². The average molecular weight is 692 g/mol. The molecule has 0 radical (unpaired) electrons. The second kappa shape index (κ2) is 14.9. The molecular weight excluding hydrogens is 664 g/mol. The van der Waals surface area contributed by atoms with Gasteiger partial charge in [-0.05, 0) is 52.7 Å². The Morgan fingerprint density at radius 2 is 1.75 bits per heavy atom. The molecule has 0 aliphatic heterocycles. The third-order valence-electron chi connectivity index (χ3n) is 6.06. The number of nitrogens with two attached hydrogens (primary N) is 1. The van der Waals surface area contributed by atoms with Crippen LogP contribution in [-0.4, -0.2) is 46.2 Å². The number of aromatic nitrogens is 2. The molecule has 4 rings (SSSR count). The number of aryl methyl sites for hydroxylation is 1. The second-order valence-electron chi connectivity index (χ2n) is 8.59. The van der Waals surface area contributed by atoms with E-state index in [9.17, 15) is 9.59 Å². The zero-order valence-electron chi connectivity index (χ0n) is 21.6. The lowest BCUT2D eigenvalue weighted by Gasteiger charge is -2.26. The van der Waals surface area contributed by atoms with E-state index in [1.54, 1.807) is 19.2 Å². The van der Waals surface area contributed by atoms with Crippen LogP contribution in [0.3, 0.4) is 0 Å². The number of hydrogen-bond donors (Lipinski definition) is 1. The maximum atomic E-state index is 13.2. The molecule has 2 aromatic heterocycles. The molecule has 214 valence electrons. The first-order valence-electron chi connectivity index (χ1n) is 11.7. The number of amides is 2. The predicted octanol–water partition coefficient (Wildman–Crippen LogP) is 6.08. The number of imidazole rings is 1. The van der Waals surface area contributed by atoms with E-state index in [4.69, 9.17) is 33.7 Å². The monoisotopic (exact) mass is 689 g/mol. The van der Waals surface area contributed by atoms with Crippen LogP contribution in [0.15, 0.2) is 65.4 Å². The third-order valence-corrected chi connectivity index (χ3v) is 7.79. The highest BCUT2D eigenvalue weighted by Crippen LogP contribution is 2.35. The number of anilines is 1. The van der Waals surface area contributed by atoms with Crippen LogP contribution in [0.1, 0.15) is 16.8 Å². The number of halogens is 5. The SMILES string of the molecule is Cc1nc2c(OCc3c(Cl)ccc(N(C)C(=O)CN(Cc4ccccc4)C(=O)CN)c3Cl)cccn2c1Br.Cl.Cl. The molecule has 2 heterocycles. The molecule has 0 fully saturated rings. The number of fused-ring (bicyclic) bond motifs is 1. The molecule has 0 saturated heterocycles. The summed E-state index contributed by atoms with van der Waals surface area (Å²) in [6, 6.07) is 16.4. The van der Waals surface area contributed by atoms with Crippen molar-refractivity contribution in [3.63, 3.8) is 0 Å². The highest BCUT2D eigenvalue weighted by molar-refractivity contribution is 9.10. The topological polar surface area (TPSA) is 93.2 Å². The second-order valence-corrected chi connectivity index (χ2v) is 10.1. The molecule has 2 N–H and O–H groups in total. The van der Waals surface area contributed by atoms with E-state index in [-0.39, 0.29) is 67.9 Å². The summed E-state index contributed by atoms with van der Waals surface area (Å²) in [6.07, 6.45) is 1.88. The summed E-state index contributed by atoms with van der Waals surface area (Å²) < 4.78 is 8.78. The number of hydrogen-bond acceptors (Lipinski definition) is 5.